The second kappa shape index (κ2) is 8.94. The molecule has 4 unspecified atom stereocenters. The van der Waals surface area contributed by atoms with Crippen molar-refractivity contribution in [1.82, 2.24) is 0 Å². The average molecular weight is 330 g/mol. The van der Waals surface area contributed by atoms with Gasteiger partial charge in [0.15, 0.2) is 0 Å². The molecular weight excluding hydrogens is 308 g/mol. The number of rotatable bonds is 8. The molecule has 0 spiro atoms. The first-order valence-electron chi connectivity index (χ1n) is 6.92. The molecular formula is C15H22O8. The number of hydrogen-bond donors (Lipinski definition) is 8. The van der Waals surface area contributed by atoms with Gasteiger partial charge >= 0.3 is 0 Å². The summed E-state index contributed by atoms with van der Waals surface area (Å²) >= 11 is 0. The van der Waals surface area contributed by atoms with E-state index in [9.17, 15) is 30.6 Å². The van der Waals surface area contributed by atoms with E-state index in [0.29, 0.717) is 16.7 Å². The molecule has 8 N–H and O–H groups in total. The lowest BCUT2D eigenvalue weighted by molar-refractivity contribution is -0.112. The molecule has 8 heteroatoms. The minimum Gasteiger partial charge on any atom is -0.509 e. The first-order valence-corrected chi connectivity index (χ1v) is 6.92. The summed E-state index contributed by atoms with van der Waals surface area (Å²) in [6.45, 7) is -1.42. The van der Waals surface area contributed by atoms with Crippen LogP contribution in [-0.4, -0.2) is 71.9 Å². The van der Waals surface area contributed by atoms with Crippen molar-refractivity contribution in [3.05, 3.63) is 40.6 Å². The van der Waals surface area contributed by atoms with E-state index in [2.05, 4.69) is 0 Å². The number of benzene rings is 1. The molecule has 1 rings (SSSR count). The van der Waals surface area contributed by atoms with Crippen LogP contribution in [0.2, 0.25) is 0 Å². The van der Waals surface area contributed by atoms with Gasteiger partial charge in [-0.3, -0.25) is 0 Å². The maximum Gasteiger partial charge on any atom is 0.139 e. The lowest BCUT2D eigenvalue weighted by atomic mass is 9.99. The van der Waals surface area contributed by atoms with Crippen molar-refractivity contribution in [2.24, 2.45) is 0 Å². The second-order valence-electron chi connectivity index (χ2n) is 5.09. The maximum absolute atomic E-state index is 9.82. The Bertz CT molecular complexity index is 530. The summed E-state index contributed by atoms with van der Waals surface area (Å²) in [5.74, 6) is -0.678. The molecule has 0 bridgehead atoms. The van der Waals surface area contributed by atoms with Gasteiger partial charge in [-0.2, -0.15) is 0 Å². The lowest BCUT2D eigenvalue weighted by Gasteiger charge is -2.25. The first-order chi connectivity index (χ1) is 10.8. The van der Waals surface area contributed by atoms with E-state index in [-0.39, 0.29) is 13.2 Å². The highest BCUT2D eigenvalue weighted by molar-refractivity contribution is 5.54. The summed E-state index contributed by atoms with van der Waals surface area (Å²) in [5, 5.41) is 75.0. The Morgan fingerprint density at radius 2 is 1.52 bits per heavy atom. The van der Waals surface area contributed by atoms with Crippen LogP contribution in [-0.2, 0) is 13.2 Å². The predicted molar refractivity (Wildman–Crippen MR) is 80.0 cm³/mol. The second-order valence-corrected chi connectivity index (χ2v) is 5.09. The largest absolute Gasteiger partial charge is 0.509 e. The van der Waals surface area contributed by atoms with Gasteiger partial charge in [-0.15, -0.1) is 0 Å². The van der Waals surface area contributed by atoms with Crippen LogP contribution in [0.1, 0.15) is 16.7 Å². The fraction of sp³-hybridized carbons (Fsp3) is 0.467. The summed E-state index contributed by atoms with van der Waals surface area (Å²) in [5.41, 5.74) is 1.32. The Morgan fingerprint density at radius 1 is 0.913 bits per heavy atom. The summed E-state index contributed by atoms with van der Waals surface area (Å²) in [4.78, 5) is 0. The Morgan fingerprint density at radius 3 is 2.04 bits per heavy atom. The van der Waals surface area contributed by atoms with E-state index >= 15 is 0 Å². The van der Waals surface area contributed by atoms with Crippen molar-refractivity contribution in [3.8, 4) is 0 Å². The van der Waals surface area contributed by atoms with E-state index in [4.69, 9.17) is 10.2 Å². The van der Waals surface area contributed by atoms with Gasteiger partial charge in [-0.1, -0.05) is 12.1 Å². The molecule has 0 aromatic heterocycles. The quantitative estimate of drug-likeness (QED) is 0.254. The molecule has 0 aliphatic heterocycles. The summed E-state index contributed by atoms with van der Waals surface area (Å²) in [6, 6.07) is 4.51. The van der Waals surface area contributed by atoms with Crippen molar-refractivity contribution >= 4 is 6.08 Å². The number of aliphatic hydroxyl groups is 8. The third-order valence-corrected chi connectivity index (χ3v) is 3.44. The van der Waals surface area contributed by atoms with Gasteiger partial charge in [0, 0.05) is 0 Å². The van der Waals surface area contributed by atoms with Crippen LogP contribution in [0.3, 0.4) is 0 Å². The Hall–Kier alpha value is -1.52. The zero-order chi connectivity index (χ0) is 17.6. The topological polar surface area (TPSA) is 162 Å². The van der Waals surface area contributed by atoms with Gasteiger partial charge in [0.05, 0.1) is 19.8 Å². The van der Waals surface area contributed by atoms with Crippen molar-refractivity contribution < 1.29 is 40.9 Å². The predicted octanol–water partition coefficient (Wildman–Crippen LogP) is -1.99. The molecule has 130 valence electrons. The van der Waals surface area contributed by atoms with Crippen LogP contribution in [0.4, 0.5) is 0 Å². The lowest BCUT2D eigenvalue weighted by Crippen LogP contribution is -2.46. The third-order valence-electron chi connectivity index (χ3n) is 3.44. The summed E-state index contributed by atoms with van der Waals surface area (Å²) < 4.78 is 0. The minimum atomic E-state index is -1.91. The molecule has 1 aromatic rings. The van der Waals surface area contributed by atoms with Crippen molar-refractivity contribution in [2.45, 2.75) is 37.6 Å². The third kappa shape index (κ3) is 4.98. The molecule has 4 atom stereocenters. The maximum atomic E-state index is 9.82. The molecule has 0 saturated heterocycles. The standard InChI is InChI=1S/C15H22O8/c16-5-9-2-1-8(3-10(9)6-17)4-11(19)13(21)15(23)14(22)12(20)7-18/h1-4,12-23H,5-7H2. The molecule has 0 saturated carbocycles. The normalized spacial score (nSPS) is 17.6. The molecule has 8 nitrogen and oxygen atoms in total. The minimum absolute atomic E-state index is 0.265. The summed E-state index contributed by atoms with van der Waals surface area (Å²) in [6.07, 6.45) is -6.22. The van der Waals surface area contributed by atoms with Crippen LogP contribution in [0.5, 0.6) is 0 Å². The van der Waals surface area contributed by atoms with Gasteiger partial charge in [0.2, 0.25) is 0 Å². The average Bonchev–Trinajstić information content (AvgIpc) is 2.58. The Kier molecular flexibility index (Phi) is 7.59. The highest BCUT2D eigenvalue weighted by Crippen LogP contribution is 2.17. The fourth-order valence-corrected chi connectivity index (χ4v) is 1.99. The van der Waals surface area contributed by atoms with E-state index in [1.54, 1.807) is 0 Å². The Balaban J connectivity index is 2.94. The smallest absolute Gasteiger partial charge is 0.139 e. The van der Waals surface area contributed by atoms with E-state index in [1.165, 1.54) is 18.2 Å². The molecule has 0 aliphatic carbocycles. The van der Waals surface area contributed by atoms with Gasteiger partial charge in [-0.25, -0.2) is 0 Å². The number of aliphatic hydroxyl groups excluding tert-OH is 8. The molecule has 1 aromatic carbocycles. The van der Waals surface area contributed by atoms with E-state index in [1.807, 2.05) is 0 Å². The highest BCUT2D eigenvalue weighted by Gasteiger charge is 2.32. The highest BCUT2D eigenvalue weighted by atomic mass is 16.4. The Labute approximate surface area is 132 Å². The van der Waals surface area contributed by atoms with Gasteiger partial charge < -0.3 is 40.9 Å². The SMILES string of the molecule is OCc1ccc(C=C(O)C(O)C(O)C(O)C(O)CO)cc1CO. The molecule has 23 heavy (non-hydrogen) atoms. The van der Waals surface area contributed by atoms with Crippen molar-refractivity contribution in [3.63, 3.8) is 0 Å². The van der Waals surface area contributed by atoms with Crippen molar-refractivity contribution in [1.29, 1.82) is 0 Å². The van der Waals surface area contributed by atoms with Crippen LogP contribution in [0, 0.1) is 0 Å². The van der Waals surface area contributed by atoms with Gasteiger partial charge in [0.1, 0.15) is 30.2 Å². The number of hydrogen-bond acceptors (Lipinski definition) is 8. The fourth-order valence-electron chi connectivity index (χ4n) is 1.99. The molecule has 0 heterocycles. The summed E-state index contributed by atoms with van der Waals surface area (Å²) in [7, 11) is 0. The monoisotopic (exact) mass is 330 g/mol. The zero-order valence-corrected chi connectivity index (χ0v) is 12.3. The van der Waals surface area contributed by atoms with Crippen LogP contribution < -0.4 is 0 Å². The van der Waals surface area contributed by atoms with Crippen molar-refractivity contribution in [2.75, 3.05) is 6.61 Å². The zero-order valence-electron chi connectivity index (χ0n) is 12.3. The van der Waals surface area contributed by atoms with Gasteiger partial charge in [-0.05, 0) is 28.8 Å². The molecule has 0 radical (unpaired) electrons. The van der Waals surface area contributed by atoms with Crippen LogP contribution >= 0.6 is 0 Å². The van der Waals surface area contributed by atoms with Crippen LogP contribution in [0.15, 0.2) is 24.0 Å². The molecule has 0 aliphatic rings. The van der Waals surface area contributed by atoms with E-state index < -0.39 is 36.8 Å². The van der Waals surface area contributed by atoms with E-state index in [0.717, 1.165) is 6.08 Å². The molecule has 0 amide bonds. The van der Waals surface area contributed by atoms with Gasteiger partial charge in [0.25, 0.3) is 0 Å². The molecule has 0 fully saturated rings. The first kappa shape index (κ1) is 19.5. The van der Waals surface area contributed by atoms with Crippen LogP contribution in [0.25, 0.3) is 6.08 Å².